The smallest absolute Gasteiger partial charge is 0.244 e. The Morgan fingerprint density at radius 3 is 2.67 bits per heavy atom. The van der Waals surface area contributed by atoms with Crippen LogP contribution >= 0.6 is 0 Å². The van der Waals surface area contributed by atoms with Crippen molar-refractivity contribution >= 4 is 11.6 Å². The standard InChI is InChI=1S/C15H22N2O/c1-10(2)16-13-7-8-17(15(13)18)14-6-5-11(3)9-12(14)4/h5-6,9-10,13,16H,7-8H2,1-4H3. The molecule has 1 heterocycles. The highest BCUT2D eigenvalue weighted by Gasteiger charge is 2.33. The maximum absolute atomic E-state index is 12.3. The molecule has 0 saturated carbocycles. The molecule has 3 heteroatoms. The molecular formula is C15H22N2O. The second kappa shape index (κ2) is 5.11. The molecule has 3 nitrogen and oxygen atoms in total. The van der Waals surface area contributed by atoms with Crippen molar-refractivity contribution in [2.24, 2.45) is 0 Å². The van der Waals surface area contributed by atoms with E-state index < -0.39 is 0 Å². The van der Waals surface area contributed by atoms with Gasteiger partial charge in [0.15, 0.2) is 0 Å². The molecule has 1 unspecified atom stereocenters. The molecule has 1 amide bonds. The summed E-state index contributed by atoms with van der Waals surface area (Å²) in [6, 6.07) is 6.58. The van der Waals surface area contributed by atoms with Gasteiger partial charge in [-0.15, -0.1) is 0 Å². The number of hydrogen-bond donors (Lipinski definition) is 1. The van der Waals surface area contributed by atoms with Crippen LogP contribution in [0.5, 0.6) is 0 Å². The molecule has 1 aromatic rings. The summed E-state index contributed by atoms with van der Waals surface area (Å²) in [6.45, 7) is 9.11. The minimum Gasteiger partial charge on any atom is -0.311 e. The van der Waals surface area contributed by atoms with Crippen molar-refractivity contribution in [3.63, 3.8) is 0 Å². The second-order valence-corrected chi connectivity index (χ2v) is 5.44. The maximum Gasteiger partial charge on any atom is 0.244 e. The van der Waals surface area contributed by atoms with Crippen LogP contribution in [0.15, 0.2) is 18.2 Å². The molecule has 1 fully saturated rings. The summed E-state index contributed by atoms with van der Waals surface area (Å²) in [4.78, 5) is 14.3. The third-order valence-corrected chi connectivity index (χ3v) is 3.38. The number of benzene rings is 1. The molecule has 98 valence electrons. The van der Waals surface area contributed by atoms with Gasteiger partial charge in [0.05, 0.1) is 6.04 Å². The van der Waals surface area contributed by atoms with Gasteiger partial charge in [-0.2, -0.15) is 0 Å². The first-order valence-corrected chi connectivity index (χ1v) is 6.63. The molecule has 0 aliphatic carbocycles. The number of anilines is 1. The van der Waals surface area contributed by atoms with E-state index in [2.05, 4.69) is 51.2 Å². The van der Waals surface area contributed by atoms with Crippen LogP contribution in [0, 0.1) is 13.8 Å². The molecule has 0 bridgehead atoms. The van der Waals surface area contributed by atoms with Crippen molar-refractivity contribution in [2.75, 3.05) is 11.4 Å². The third kappa shape index (κ3) is 2.56. The zero-order valence-corrected chi connectivity index (χ0v) is 11.7. The number of amides is 1. The van der Waals surface area contributed by atoms with E-state index in [1.165, 1.54) is 11.1 Å². The van der Waals surface area contributed by atoms with E-state index in [4.69, 9.17) is 0 Å². The topological polar surface area (TPSA) is 32.3 Å². The zero-order valence-electron chi connectivity index (χ0n) is 11.7. The normalized spacial score (nSPS) is 19.9. The monoisotopic (exact) mass is 246 g/mol. The third-order valence-electron chi connectivity index (χ3n) is 3.38. The van der Waals surface area contributed by atoms with Gasteiger partial charge in [0.1, 0.15) is 0 Å². The van der Waals surface area contributed by atoms with Gasteiger partial charge in [0.2, 0.25) is 5.91 Å². The number of nitrogens with one attached hydrogen (secondary N) is 1. The summed E-state index contributed by atoms with van der Waals surface area (Å²) in [6.07, 6.45) is 0.893. The summed E-state index contributed by atoms with van der Waals surface area (Å²) in [5.41, 5.74) is 3.46. The molecule has 1 saturated heterocycles. The number of nitrogens with zero attached hydrogens (tertiary/aromatic N) is 1. The van der Waals surface area contributed by atoms with Gasteiger partial charge in [0, 0.05) is 18.3 Å². The lowest BCUT2D eigenvalue weighted by Crippen LogP contribution is -2.41. The fourth-order valence-electron chi connectivity index (χ4n) is 2.58. The predicted octanol–water partition coefficient (Wildman–Crippen LogP) is 2.41. The molecule has 1 aromatic carbocycles. The first kappa shape index (κ1) is 13.1. The molecule has 0 aromatic heterocycles. The van der Waals surface area contributed by atoms with Crippen molar-refractivity contribution in [2.45, 2.75) is 46.2 Å². The van der Waals surface area contributed by atoms with E-state index in [0.717, 1.165) is 18.7 Å². The van der Waals surface area contributed by atoms with Crippen molar-refractivity contribution in [3.05, 3.63) is 29.3 Å². The van der Waals surface area contributed by atoms with Crippen LogP contribution in [0.3, 0.4) is 0 Å². The number of carbonyl (C=O) groups is 1. The Balaban J connectivity index is 2.18. The molecular weight excluding hydrogens is 224 g/mol. The van der Waals surface area contributed by atoms with E-state index in [1.54, 1.807) is 0 Å². The van der Waals surface area contributed by atoms with Crippen LogP contribution in [0.2, 0.25) is 0 Å². The van der Waals surface area contributed by atoms with E-state index in [9.17, 15) is 4.79 Å². The SMILES string of the molecule is Cc1ccc(N2CCC(NC(C)C)C2=O)c(C)c1. The molecule has 1 aliphatic heterocycles. The summed E-state index contributed by atoms with van der Waals surface area (Å²) >= 11 is 0. The maximum atomic E-state index is 12.3. The molecule has 2 rings (SSSR count). The van der Waals surface area contributed by atoms with Crippen molar-refractivity contribution in [1.82, 2.24) is 5.32 Å². The Morgan fingerprint density at radius 2 is 2.06 bits per heavy atom. The van der Waals surface area contributed by atoms with E-state index in [1.807, 2.05) is 4.90 Å². The van der Waals surface area contributed by atoms with Gasteiger partial charge in [-0.25, -0.2) is 0 Å². The highest BCUT2D eigenvalue weighted by Crippen LogP contribution is 2.26. The molecule has 18 heavy (non-hydrogen) atoms. The summed E-state index contributed by atoms with van der Waals surface area (Å²) in [7, 11) is 0. The highest BCUT2D eigenvalue weighted by atomic mass is 16.2. The lowest BCUT2D eigenvalue weighted by Gasteiger charge is -2.20. The van der Waals surface area contributed by atoms with Crippen LogP contribution in [-0.4, -0.2) is 24.5 Å². The predicted molar refractivity (Wildman–Crippen MR) is 74.9 cm³/mol. The summed E-state index contributed by atoms with van der Waals surface area (Å²) in [5.74, 6) is 0.204. The average molecular weight is 246 g/mol. The Bertz CT molecular complexity index is 454. The van der Waals surface area contributed by atoms with Gasteiger partial charge in [-0.05, 0) is 31.9 Å². The van der Waals surface area contributed by atoms with Crippen molar-refractivity contribution < 1.29 is 4.79 Å². The van der Waals surface area contributed by atoms with Gasteiger partial charge in [-0.1, -0.05) is 31.5 Å². The Kier molecular flexibility index (Phi) is 3.71. The van der Waals surface area contributed by atoms with Crippen LogP contribution in [0.1, 0.15) is 31.4 Å². The van der Waals surface area contributed by atoms with Crippen molar-refractivity contribution in [3.8, 4) is 0 Å². The van der Waals surface area contributed by atoms with E-state index in [0.29, 0.717) is 6.04 Å². The highest BCUT2D eigenvalue weighted by molar-refractivity contribution is 6.00. The number of hydrogen-bond acceptors (Lipinski definition) is 2. The van der Waals surface area contributed by atoms with Gasteiger partial charge >= 0.3 is 0 Å². The molecule has 0 radical (unpaired) electrons. The summed E-state index contributed by atoms with van der Waals surface area (Å²) in [5, 5.41) is 3.33. The van der Waals surface area contributed by atoms with E-state index in [-0.39, 0.29) is 11.9 Å². The quantitative estimate of drug-likeness (QED) is 0.888. The molecule has 0 spiro atoms. The first-order chi connectivity index (χ1) is 8.49. The largest absolute Gasteiger partial charge is 0.311 e. The molecule has 1 N–H and O–H groups in total. The Hall–Kier alpha value is -1.35. The lowest BCUT2D eigenvalue weighted by molar-refractivity contribution is -0.118. The first-order valence-electron chi connectivity index (χ1n) is 6.63. The minimum atomic E-state index is -0.0225. The fraction of sp³-hybridized carbons (Fsp3) is 0.533. The van der Waals surface area contributed by atoms with Crippen LogP contribution < -0.4 is 10.2 Å². The number of aryl methyl sites for hydroxylation is 2. The number of carbonyl (C=O) groups excluding carboxylic acids is 1. The Morgan fingerprint density at radius 1 is 1.33 bits per heavy atom. The van der Waals surface area contributed by atoms with Gasteiger partial charge in [0.25, 0.3) is 0 Å². The summed E-state index contributed by atoms with van der Waals surface area (Å²) < 4.78 is 0. The van der Waals surface area contributed by atoms with Crippen LogP contribution in [-0.2, 0) is 4.79 Å². The fourth-order valence-corrected chi connectivity index (χ4v) is 2.58. The second-order valence-electron chi connectivity index (χ2n) is 5.44. The lowest BCUT2D eigenvalue weighted by atomic mass is 10.1. The van der Waals surface area contributed by atoms with Gasteiger partial charge < -0.3 is 10.2 Å². The van der Waals surface area contributed by atoms with Crippen molar-refractivity contribution in [1.29, 1.82) is 0 Å². The van der Waals surface area contributed by atoms with E-state index >= 15 is 0 Å². The Labute approximate surface area is 109 Å². The molecule has 1 aliphatic rings. The average Bonchev–Trinajstić information content (AvgIpc) is 2.60. The minimum absolute atomic E-state index is 0.0225. The van der Waals surface area contributed by atoms with Crippen LogP contribution in [0.25, 0.3) is 0 Å². The zero-order chi connectivity index (χ0) is 13.3. The van der Waals surface area contributed by atoms with Crippen LogP contribution in [0.4, 0.5) is 5.69 Å². The van der Waals surface area contributed by atoms with Gasteiger partial charge in [-0.3, -0.25) is 4.79 Å². The number of rotatable bonds is 3. The molecule has 1 atom stereocenters.